The minimum atomic E-state index is 0.0938. The molecule has 2 heteroatoms. The Balaban J connectivity index is 2.01. The second kappa shape index (κ2) is 4.02. The Morgan fingerprint density at radius 2 is 2.06 bits per heavy atom. The number of aromatic hydroxyl groups is 1. The van der Waals surface area contributed by atoms with E-state index in [0.29, 0.717) is 11.7 Å². The summed E-state index contributed by atoms with van der Waals surface area (Å²) in [5, 5.41) is 10.5. The first kappa shape index (κ1) is 11.1. The number of fused-ring (bicyclic) bond motifs is 1. The molecule has 1 aromatic carbocycles. The van der Waals surface area contributed by atoms with Crippen LogP contribution in [0.3, 0.4) is 0 Å². The first-order chi connectivity index (χ1) is 8.22. The van der Waals surface area contributed by atoms with Crippen LogP contribution >= 0.6 is 0 Å². The molecule has 1 fully saturated rings. The number of benzene rings is 1. The van der Waals surface area contributed by atoms with Gasteiger partial charge in [0.25, 0.3) is 0 Å². The van der Waals surface area contributed by atoms with E-state index in [1.54, 1.807) is 7.11 Å². The van der Waals surface area contributed by atoms with Crippen LogP contribution in [0.1, 0.15) is 54.9 Å². The number of hydrogen-bond donors (Lipinski definition) is 1. The number of ether oxygens (including phenoxy) is 1. The zero-order valence-corrected chi connectivity index (χ0v) is 10.6. The minimum Gasteiger partial charge on any atom is -0.507 e. The van der Waals surface area contributed by atoms with E-state index in [0.717, 1.165) is 29.9 Å². The molecule has 1 N–H and O–H groups in total. The highest BCUT2D eigenvalue weighted by Gasteiger charge is 2.33. The molecule has 0 heterocycles. The first-order valence-corrected chi connectivity index (χ1v) is 6.59. The number of hydrogen-bond acceptors (Lipinski definition) is 2. The van der Waals surface area contributed by atoms with Gasteiger partial charge in [-0.15, -0.1) is 0 Å². The molecule has 2 aliphatic carbocycles. The van der Waals surface area contributed by atoms with Crippen LogP contribution in [0.4, 0.5) is 0 Å². The van der Waals surface area contributed by atoms with Crippen LogP contribution in [0.15, 0.2) is 12.1 Å². The molecule has 2 atom stereocenters. The lowest BCUT2D eigenvalue weighted by atomic mass is 9.92. The molecule has 0 spiro atoms. The van der Waals surface area contributed by atoms with Crippen molar-refractivity contribution in [2.75, 3.05) is 7.11 Å². The quantitative estimate of drug-likeness (QED) is 0.863. The van der Waals surface area contributed by atoms with Gasteiger partial charge in [0, 0.05) is 12.7 Å². The summed E-state index contributed by atoms with van der Waals surface area (Å²) in [5.41, 5.74) is 3.44. The topological polar surface area (TPSA) is 29.5 Å². The number of aryl methyl sites for hydroxylation is 1. The predicted molar refractivity (Wildman–Crippen MR) is 67.3 cm³/mol. The largest absolute Gasteiger partial charge is 0.507 e. The van der Waals surface area contributed by atoms with Crippen LogP contribution in [-0.4, -0.2) is 12.2 Å². The maximum absolute atomic E-state index is 10.5. The molecule has 92 valence electrons. The van der Waals surface area contributed by atoms with Crippen molar-refractivity contribution in [3.63, 3.8) is 0 Å². The number of rotatable bonds is 3. The third-order valence-corrected chi connectivity index (χ3v) is 4.44. The third kappa shape index (κ3) is 1.75. The van der Waals surface area contributed by atoms with Gasteiger partial charge in [0.05, 0.1) is 6.10 Å². The van der Waals surface area contributed by atoms with E-state index in [2.05, 4.69) is 19.1 Å². The van der Waals surface area contributed by atoms with Crippen LogP contribution < -0.4 is 0 Å². The summed E-state index contributed by atoms with van der Waals surface area (Å²) in [6.07, 6.45) is 4.74. The molecule has 0 bridgehead atoms. The number of methoxy groups -OCH3 is 1. The van der Waals surface area contributed by atoms with E-state index in [1.165, 1.54) is 18.4 Å². The molecule has 0 radical (unpaired) electrons. The van der Waals surface area contributed by atoms with Crippen molar-refractivity contribution in [2.24, 2.45) is 5.92 Å². The smallest absolute Gasteiger partial charge is 0.125 e. The van der Waals surface area contributed by atoms with Crippen LogP contribution in [-0.2, 0) is 11.2 Å². The van der Waals surface area contributed by atoms with Gasteiger partial charge in [-0.2, -0.15) is 0 Å². The van der Waals surface area contributed by atoms with E-state index in [4.69, 9.17) is 4.74 Å². The molecular formula is C15H20O2. The molecule has 0 amide bonds. The lowest BCUT2D eigenvalue weighted by Gasteiger charge is -2.18. The molecule has 0 saturated heterocycles. The van der Waals surface area contributed by atoms with Crippen LogP contribution in [0.25, 0.3) is 0 Å². The zero-order valence-electron chi connectivity index (χ0n) is 10.6. The zero-order chi connectivity index (χ0) is 12.0. The maximum Gasteiger partial charge on any atom is 0.125 e. The molecule has 1 aromatic rings. The average molecular weight is 232 g/mol. The summed E-state index contributed by atoms with van der Waals surface area (Å²) in [7, 11) is 1.73. The third-order valence-electron chi connectivity index (χ3n) is 4.44. The van der Waals surface area contributed by atoms with E-state index >= 15 is 0 Å². The molecule has 0 aromatic heterocycles. The molecule has 17 heavy (non-hydrogen) atoms. The van der Waals surface area contributed by atoms with Crippen molar-refractivity contribution in [1.82, 2.24) is 0 Å². The molecule has 0 aliphatic heterocycles. The Kier molecular flexibility index (Phi) is 2.62. The summed E-state index contributed by atoms with van der Waals surface area (Å²) < 4.78 is 5.47. The second-order valence-corrected chi connectivity index (χ2v) is 5.47. The van der Waals surface area contributed by atoms with Crippen molar-refractivity contribution in [1.29, 1.82) is 0 Å². The maximum atomic E-state index is 10.5. The van der Waals surface area contributed by atoms with Gasteiger partial charge in [-0.05, 0) is 48.6 Å². The highest BCUT2D eigenvalue weighted by molar-refractivity contribution is 5.50. The van der Waals surface area contributed by atoms with Gasteiger partial charge in [0.15, 0.2) is 0 Å². The molecule has 2 nitrogen and oxygen atoms in total. The van der Waals surface area contributed by atoms with Gasteiger partial charge < -0.3 is 9.84 Å². The van der Waals surface area contributed by atoms with Crippen LogP contribution in [0.2, 0.25) is 0 Å². The Labute approximate surface area is 103 Å². The fourth-order valence-corrected chi connectivity index (χ4v) is 3.13. The Bertz CT molecular complexity index is 435. The summed E-state index contributed by atoms with van der Waals surface area (Å²) in [6, 6.07) is 4.30. The standard InChI is InChI=1S/C15H20O2/c1-9(10-3-4-10)12-7-5-11-6-8-13(17-2)14(11)15(12)16/h5,7,9-10,13,16H,3-4,6,8H2,1-2H3. The van der Waals surface area contributed by atoms with E-state index in [9.17, 15) is 5.11 Å². The van der Waals surface area contributed by atoms with Gasteiger partial charge in [-0.25, -0.2) is 0 Å². The average Bonchev–Trinajstić information content (AvgIpc) is 3.09. The summed E-state index contributed by atoms with van der Waals surface area (Å²) in [6.45, 7) is 2.23. The van der Waals surface area contributed by atoms with Gasteiger partial charge in [-0.1, -0.05) is 19.1 Å². The second-order valence-electron chi connectivity index (χ2n) is 5.47. The van der Waals surface area contributed by atoms with Gasteiger partial charge in [0.2, 0.25) is 0 Å². The van der Waals surface area contributed by atoms with Crippen molar-refractivity contribution in [2.45, 2.75) is 44.6 Å². The van der Waals surface area contributed by atoms with Gasteiger partial charge in [-0.3, -0.25) is 0 Å². The summed E-state index contributed by atoms with van der Waals surface area (Å²) in [4.78, 5) is 0. The number of phenolic OH excluding ortho intramolecular Hbond substituents is 1. The Morgan fingerprint density at radius 3 is 2.71 bits per heavy atom. The predicted octanol–water partition coefficient (Wildman–Crippen LogP) is 3.54. The fourth-order valence-electron chi connectivity index (χ4n) is 3.13. The number of phenols is 1. The van der Waals surface area contributed by atoms with Crippen molar-refractivity contribution >= 4 is 0 Å². The normalized spacial score (nSPS) is 24.7. The molecule has 2 unspecified atom stereocenters. The summed E-state index contributed by atoms with van der Waals surface area (Å²) >= 11 is 0. The Hall–Kier alpha value is -1.02. The monoisotopic (exact) mass is 232 g/mol. The highest BCUT2D eigenvalue weighted by atomic mass is 16.5. The lowest BCUT2D eigenvalue weighted by Crippen LogP contribution is -2.02. The van der Waals surface area contributed by atoms with E-state index < -0.39 is 0 Å². The van der Waals surface area contributed by atoms with Gasteiger partial charge in [0.1, 0.15) is 5.75 Å². The van der Waals surface area contributed by atoms with Crippen LogP contribution in [0, 0.1) is 5.92 Å². The SMILES string of the molecule is COC1CCc2ccc(C(C)C3CC3)c(O)c21. The van der Waals surface area contributed by atoms with E-state index in [1.807, 2.05) is 0 Å². The first-order valence-electron chi connectivity index (χ1n) is 6.59. The molecule has 3 rings (SSSR count). The fraction of sp³-hybridized carbons (Fsp3) is 0.600. The van der Waals surface area contributed by atoms with E-state index in [-0.39, 0.29) is 6.10 Å². The van der Waals surface area contributed by atoms with Gasteiger partial charge >= 0.3 is 0 Å². The Morgan fingerprint density at radius 1 is 1.29 bits per heavy atom. The van der Waals surface area contributed by atoms with Crippen molar-refractivity contribution in [3.8, 4) is 5.75 Å². The van der Waals surface area contributed by atoms with Crippen molar-refractivity contribution in [3.05, 3.63) is 28.8 Å². The molecular weight excluding hydrogens is 212 g/mol. The molecule has 2 aliphatic rings. The highest BCUT2D eigenvalue weighted by Crippen LogP contribution is 2.48. The summed E-state index contributed by atoms with van der Waals surface area (Å²) in [5.74, 6) is 1.77. The van der Waals surface area contributed by atoms with Crippen molar-refractivity contribution < 1.29 is 9.84 Å². The molecule has 1 saturated carbocycles. The lowest BCUT2D eigenvalue weighted by molar-refractivity contribution is 0.103. The minimum absolute atomic E-state index is 0.0938. The van der Waals surface area contributed by atoms with Crippen LogP contribution in [0.5, 0.6) is 5.75 Å².